The van der Waals surface area contributed by atoms with Crippen LogP contribution in [0.25, 0.3) is 0 Å². The summed E-state index contributed by atoms with van der Waals surface area (Å²) in [7, 11) is 1.49. The Bertz CT molecular complexity index is 802. The van der Waals surface area contributed by atoms with Crippen molar-refractivity contribution in [3.8, 4) is 5.75 Å². The molecule has 0 heterocycles. The van der Waals surface area contributed by atoms with Crippen molar-refractivity contribution < 1.29 is 19.1 Å². The zero-order valence-electron chi connectivity index (χ0n) is 15.0. The van der Waals surface area contributed by atoms with Gasteiger partial charge in [0.1, 0.15) is 11.3 Å². The van der Waals surface area contributed by atoms with E-state index >= 15 is 0 Å². The van der Waals surface area contributed by atoms with Crippen molar-refractivity contribution in [1.82, 2.24) is 5.32 Å². The van der Waals surface area contributed by atoms with Crippen LogP contribution in [0.5, 0.6) is 5.75 Å². The molecule has 0 bridgehead atoms. The quantitative estimate of drug-likeness (QED) is 0.837. The molecule has 0 saturated carbocycles. The second-order valence-electron chi connectivity index (χ2n) is 6.40. The van der Waals surface area contributed by atoms with E-state index in [-0.39, 0.29) is 11.9 Å². The summed E-state index contributed by atoms with van der Waals surface area (Å²) in [6.45, 7) is 1.58. The normalized spacial score (nSPS) is 16.9. The zero-order chi connectivity index (χ0) is 18.5. The van der Waals surface area contributed by atoms with Gasteiger partial charge >= 0.3 is 5.97 Å². The Labute approximate surface area is 153 Å². The number of rotatable bonds is 5. The molecule has 26 heavy (non-hydrogen) atoms. The fraction of sp³-hybridized carbons (Fsp3) is 0.333. The van der Waals surface area contributed by atoms with Crippen molar-refractivity contribution in [3.63, 3.8) is 0 Å². The van der Waals surface area contributed by atoms with Gasteiger partial charge in [0.25, 0.3) is 5.91 Å². The fourth-order valence-electron chi connectivity index (χ4n) is 3.28. The third-order valence-corrected chi connectivity index (χ3v) is 4.67. The predicted molar refractivity (Wildman–Crippen MR) is 98.1 cm³/mol. The lowest BCUT2D eigenvalue weighted by Gasteiger charge is -2.27. The number of nitrogens with one attached hydrogen (secondary N) is 1. The molecule has 1 N–H and O–H groups in total. The molecule has 1 amide bonds. The molecule has 136 valence electrons. The maximum atomic E-state index is 12.5. The van der Waals surface area contributed by atoms with Crippen LogP contribution < -0.4 is 10.1 Å². The molecule has 0 saturated heterocycles. The van der Waals surface area contributed by atoms with Crippen molar-refractivity contribution in [1.29, 1.82) is 0 Å². The average molecular weight is 353 g/mol. The van der Waals surface area contributed by atoms with Gasteiger partial charge < -0.3 is 14.8 Å². The minimum absolute atomic E-state index is 0.0418. The number of methoxy groups -OCH3 is 1. The maximum Gasteiger partial charge on any atom is 0.342 e. The van der Waals surface area contributed by atoms with E-state index in [0.29, 0.717) is 11.3 Å². The van der Waals surface area contributed by atoms with Gasteiger partial charge in [0.15, 0.2) is 6.10 Å². The third-order valence-electron chi connectivity index (χ3n) is 4.67. The molecule has 2 atom stereocenters. The molecular formula is C21H23NO4. The van der Waals surface area contributed by atoms with E-state index in [0.717, 1.165) is 24.8 Å². The summed E-state index contributed by atoms with van der Waals surface area (Å²) in [6.07, 6.45) is 2.05. The highest BCUT2D eigenvalue weighted by molar-refractivity contribution is 5.94. The Morgan fingerprint density at radius 1 is 1.12 bits per heavy atom. The number of esters is 1. The van der Waals surface area contributed by atoms with Gasteiger partial charge in [-0.2, -0.15) is 0 Å². The number of benzene rings is 2. The summed E-state index contributed by atoms with van der Waals surface area (Å²) in [6, 6.07) is 14.9. The van der Waals surface area contributed by atoms with Crippen LogP contribution in [-0.4, -0.2) is 25.1 Å². The molecule has 0 radical (unpaired) electrons. The van der Waals surface area contributed by atoms with Crippen LogP contribution in [0.2, 0.25) is 0 Å². The number of amides is 1. The van der Waals surface area contributed by atoms with Crippen molar-refractivity contribution in [2.45, 2.75) is 38.3 Å². The first-order valence-corrected chi connectivity index (χ1v) is 8.82. The number of fused-ring (bicyclic) bond motifs is 1. The highest BCUT2D eigenvalue weighted by Gasteiger charge is 2.26. The largest absolute Gasteiger partial charge is 0.496 e. The highest BCUT2D eigenvalue weighted by Crippen LogP contribution is 2.29. The number of aryl methyl sites for hydroxylation is 1. The highest BCUT2D eigenvalue weighted by atomic mass is 16.5. The first-order chi connectivity index (χ1) is 12.6. The monoisotopic (exact) mass is 353 g/mol. The summed E-state index contributed by atoms with van der Waals surface area (Å²) in [4.78, 5) is 24.9. The minimum Gasteiger partial charge on any atom is -0.496 e. The molecule has 0 unspecified atom stereocenters. The Hall–Kier alpha value is -2.82. The van der Waals surface area contributed by atoms with Gasteiger partial charge in [-0.05, 0) is 49.4 Å². The van der Waals surface area contributed by atoms with E-state index in [2.05, 4.69) is 11.4 Å². The second kappa shape index (κ2) is 8.04. The molecule has 3 rings (SSSR count). The van der Waals surface area contributed by atoms with Crippen LogP contribution in [0.1, 0.15) is 47.3 Å². The SMILES string of the molecule is COc1ccccc1C(=O)O[C@H](C)C(=O)N[C@H]1CCCc2ccccc21. The van der Waals surface area contributed by atoms with E-state index in [1.165, 1.54) is 12.7 Å². The third kappa shape index (κ3) is 3.87. The lowest BCUT2D eigenvalue weighted by atomic mass is 9.87. The van der Waals surface area contributed by atoms with Gasteiger partial charge in [0, 0.05) is 0 Å². The number of carbonyl (C=O) groups excluding carboxylic acids is 2. The molecular weight excluding hydrogens is 330 g/mol. The van der Waals surface area contributed by atoms with Gasteiger partial charge in [0.2, 0.25) is 0 Å². The van der Waals surface area contributed by atoms with Gasteiger partial charge in [-0.25, -0.2) is 4.79 Å². The van der Waals surface area contributed by atoms with Crippen LogP contribution in [0, 0.1) is 0 Å². The van der Waals surface area contributed by atoms with E-state index in [1.54, 1.807) is 31.2 Å². The molecule has 0 fully saturated rings. The van der Waals surface area contributed by atoms with Gasteiger partial charge in [0.05, 0.1) is 13.2 Å². The molecule has 5 nitrogen and oxygen atoms in total. The summed E-state index contributed by atoms with van der Waals surface area (Å²) in [5, 5.41) is 3.01. The Balaban J connectivity index is 1.65. The number of carbonyl (C=O) groups is 2. The first kappa shape index (κ1) is 18.0. The zero-order valence-corrected chi connectivity index (χ0v) is 15.0. The number of para-hydroxylation sites is 1. The predicted octanol–water partition coefficient (Wildman–Crippen LogP) is 3.43. The number of ether oxygens (including phenoxy) is 2. The number of hydrogen-bond acceptors (Lipinski definition) is 4. The second-order valence-corrected chi connectivity index (χ2v) is 6.40. The lowest BCUT2D eigenvalue weighted by Crippen LogP contribution is -2.39. The lowest BCUT2D eigenvalue weighted by molar-refractivity contribution is -0.130. The summed E-state index contributed by atoms with van der Waals surface area (Å²) < 4.78 is 10.5. The van der Waals surface area contributed by atoms with Crippen LogP contribution in [0.3, 0.4) is 0 Å². The summed E-state index contributed by atoms with van der Waals surface area (Å²) in [5.74, 6) is -0.449. The topological polar surface area (TPSA) is 64.6 Å². The Kier molecular flexibility index (Phi) is 5.56. The van der Waals surface area contributed by atoms with Crippen molar-refractivity contribution in [2.75, 3.05) is 7.11 Å². The smallest absolute Gasteiger partial charge is 0.342 e. The van der Waals surface area contributed by atoms with Crippen LogP contribution >= 0.6 is 0 Å². The maximum absolute atomic E-state index is 12.5. The van der Waals surface area contributed by atoms with Gasteiger partial charge in [-0.3, -0.25) is 4.79 Å². The van der Waals surface area contributed by atoms with Gasteiger partial charge in [-0.1, -0.05) is 36.4 Å². The fourth-order valence-corrected chi connectivity index (χ4v) is 3.28. The Morgan fingerprint density at radius 3 is 2.65 bits per heavy atom. The molecule has 0 aliphatic heterocycles. The van der Waals surface area contributed by atoms with E-state index in [1.807, 2.05) is 18.2 Å². The molecule has 5 heteroatoms. The molecule has 1 aliphatic carbocycles. The van der Waals surface area contributed by atoms with Gasteiger partial charge in [-0.15, -0.1) is 0 Å². The first-order valence-electron chi connectivity index (χ1n) is 8.82. The van der Waals surface area contributed by atoms with E-state index in [9.17, 15) is 9.59 Å². The standard InChI is InChI=1S/C21H23NO4/c1-14(26-21(24)17-11-5-6-13-19(17)25-2)20(23)22-18-12-7-9-15-8-3-4-10-16(15)18/h3-6,8,10-11,13-14,18H,7,9,12H2,1-2H3,(H,22,23)/t14-,18+/m1/s1. The Morgan fingerprint density at radius 2 is 1.85 bits per heavy atom. The minimum atomic E-state index is -0.887. The average Bonchev–Trinajstić information content (AvgIpc) is 2.68. The van der Waals surface area contributed by atoms with E-state index < -0.39 is 12.1 Å². The van der Waals surface area contributed by atoms with Crippen LogP contribution in [0.15, 0.2) is 48.5 Å². The van der Waals surface area contributed by atoms with Crippen molar-refractivity contribution in [3.05, 3.63) is 65.2 Å². The van der Waals surface area contributed by atoms with Crippen LogP contribution in [0.4, 0.5) is 0 Å². The van der Waals surface area contributed by atoms with Crippen molar-refractivity contribution >= 4 is 11.9 Å². The molecule has 2 aromatic carbocycles. The van der Waals surface area contributed by atoms with E-state index in [4.69, 9.17) is 9.47 Å². The summed E-state index contributed by atoms with van der Waals surface area (Å²) >= 11 is 0. The van der Waals surface area contributed by atoms with Crippen LogP contribution in [-0.2, 0) is 16.0 Å². The molecule has 2 aromatic rings. The molecule has 1 aliphatic rings. The van der Waals surface area contributed by atoms with Crippen molar-refractivity contribution in [2.24, 2.45) is 0 Å². The number of hydrogen-bond donors (Lipinski definition) is 1. The molecule has 0 aromatic heterocycles. The molecule has 0 spiro atoms. The summed E-state index contributed by atoms with van der Waals surface area (Å²) in [5.41, 5.74) is 2.72.